The second-order valence-electron chi connectivity index (χ2n) is 4.77. The molecular formula is C16H14FNO2. The van der Waals surface area contributed by atoms with Crippen molar-refractivity contribution in [3.63, 3.8) is 0 Å². The monoisotopic (exact) mass is 271 g/mol. The van der Waals surface area contributed by atoms with Gasteiger partial charge in [0.05, 0.1) is 13.2 Å². The van der Waals surface area contributed by atoms with Gasteiger partial charge in [0.1, 0.15) is 0 Å². The van der Waals surface area contributed by atoms with Crippen molar-refractivity contribution < 1.29 is 13.9 Å². The second-order valence-corrected chi connectivity index (χ2v) is 4.77. The molecule has 4 heteroatoms. The van der Waals surface area contributed by atoms with Gasteiger partial charge < -0.3 is 10.1 Å². The number of ketones is 1. The summed E-state index contributed by atoms with van der Waals surface area (Å²) in [6.07, 6.45) is 0.628. The third-order valence-corrected chi connectivity index (χ3v) is 3.52. The molecule has 1 unspecified atom stereocenters. The molecule has 0 saturated carbocycles. The molecule has 2 aromatic carbocycles. The number of anilines is 1. The number of benzene rings is 2. The number of Topliss-reactive ketones (excluding diaryl/α,β-unsaturated/α-hetero) is 1. The average molecular weight is 271 g/mol. The fourth-order valence-electron chi connectivity index (χ4n) is 2.48. The Kier molecular flexibility index (Phi) is 3.14. The minimum Gasteiger partial charge on any atom is -0.494 e. The Balaban J connectivity index is 1.83. The number of carbonyl (C=O) groups excluding carboxylic acids is 1. The first-order chi connectivity index (χ1) is 9.69. The highest BCUT2D eigenvalue weighted by Crippen LogP contribution is 2.27. The van der Waals surface area contributed by atoms with E-state index in [-0.39, 0.29) is 17.6 Å². The number of ether oxygens (including phenoxy) is 1. The van der Waals surface area contributed by atoms with E-state index in [0.717, 1.165) is 11.3 Å². The lowest BCUT2D eigenvalue weighted by molar-refractivity contribution is 0.0971. The van der Waals surface area contributed by atoms with Gasteiger partial charge in [-0.15, -0.1) is 0 Å². The molecule has 0 amide bonds. The molecule has 2 aromatic rings. The quantitative estimate of drug-likeness (QED) is 0.872. The van der Waals surface area contributed by atoms with Gasteiger partial charge in [0, 0.05) is 17.7 Å². The van der Waals surface area contributed by atoms with E-state index in [1.54, 1.807) is 6.07 Å². The van der Waals surface area contributed by atoms with E-state index in [1.165, 1.54) is 19.2 Å². The molecule has 1 heterocycles. The van der Waals surface area contributed by atoms with Gasteiger partial charge in [-0.05, 0) is 29.8 Å². The third-order valence-electron chi connectivity index (χ3n) is 3.52. The maximum atomic E-state index is 13.7. The lowest BCUT2D eigenvalue weighted by Gasteiger charge is -2.11. The van der Waals surface area contributed by atoms with Gasteiger partial charge in [-0.3, -0.25) is 4.79 Å². The molecular weight excluding hydrogens is 257 g/mol. The van der Waals surface area contributed by atoms with Gasteiger partial charge in [-0.2, -0.15) is 0 Å². The molecule has 20 heavy (non-hydrogen) atoms. The van der Waals surface area contributed by atoms with Crippen molar-refractivity contribution in [1.82, 2.24) is 0 Å². The van der Waals surface area contributed by atoms with Crippen LogP contribution in [0.25, 0.3) is 0 Å². The maximum absolute atomic E-state index is 13.7. The SMILES string of the molecule is COc1ccc(C(=O)C2Cc3ccccc3N2)cc1F. The molecule has 1 aliphatic heterocycles. The first kappa shape index (κ1) is 12.7. The van der Waals surface area contributed by atoms with Gasteiger partial charge in [0.15, 0.2) is 17.3 Å². The number of hydrogen-bond donors (Lipinski definition) is 1. The van der Waals surface area contributed by atoms with Crippen LogP contribution in [0.1, 0.15) is 15.9 Å². The zero-order chi connectivity index (χ0) is 14.1. The summed E-state index contributed by atoms with van der Waals surface area (Å²) in [7, 11) is 1.40. The predicted molar refractivity (Wildman–Crippen MR) is 74.8 cm³/mol. The lowest BCUT2D eigenvalue weighted by atomic mass is 10.0. The number of carbonyl (C=O) groups is 1. The van der Waals surface area contributed by atoms with Crippen LogP contribution in [0.3, 0.4) is 0 Å². The van der Waals surface area contributed by atoms with E-state index in [1.807, 2.05) is 24.3 Å². The van der Waals surface area contributed by atoms with Crippen molar-refractivity contribution in [2.24, 2.45) is 0 Å². The Morgan fingerprint density at radius 3 is 2.80 bits per heavy atom. The molecule has 1 N–H and O–H groups in total. The zero-order valence-corrected chi connectivity index (χ0v) is 11.0. The first-order valence-electron chi connectivity index (χ1n) is 6.41. The van der Waals surface area contributed by atoms with Crippen molar-refractivity contribution in [2.75, 3.05) is 12.4 Å². The molecule has 0 radical (unpaired) electrons. The van der Waals surface area contributed by atoms with Gasteiger partial charge in [0.25, 0.3) is 0 Å². The van der Waals surface area contributed by atoms with E-state index in [0.29, 0.717) is 12.0 Å². The minimum atomic E-state index is -0.520. The highest BCUT2D eigenvalue weighted by Gasteiger charge is 2.27. The Hall–Kier alpha value is -2.36. The summed E-state index contributed by atoms with van der Waals surface area (Å²) in [5, 5.41) is 3.18. The van der Waals surface area contributed by atoms with Crippen molar-refractivity contribution >= 4 is 11.5 Å². The van der Waals surface area contributed by atoms with Crippen molar-refractivity contribution in [3.05, 3.63) is 59.4 Å². The standard InChI is InChI=1S/C16H14FNO2/c1-20-15-7-6-11(8-12(15)17)16(19)14-9-10-4-2-3-5-13(10)18-14/h2-8,14,18H,9H2,1H3. The molecule has 0 aliphatic carbocycles. The number of rotatable bonds is 3. The molecule has 1 aliphatic rings. The van der Waals surface area contributed by atoms with E-state index < -0.39 is 5.82 Å². The molecule has 102 valence electrons. The van der Waals surface area contributed by atoms with Crippen LogP contribution in [0, 0.1) is 5.82 Å². The molecule has 0 bridgehead atoms. The number of methoxy groups -OCH3 is 1. The molecule has 0 spiro atoms. The topological polar surface area (TPSA) is 38.3 Å². The number of halogens is 1. The molecule has 1 atom stereocenters. The number of nitrogens with one attached hydrogen (secondary N) is 1. The van der Waals surface area contributed by atoms with Crippen molar-refractivity contribution in [3.8, 4) is 5.75 Å². The largest absolute Gasteiger partial charge is 0.494 e. The van der Waals surface area contributed by atoms with Crippen LogP contribution in [-0.2, 0) is 6.42 Å². The van der Waals surface area contributed by atoms with Gasteiger partial charge >= 0.3 is 0 Å². The summed E-state index contributed by atoms with van der Waals surface area (Å²) in [6.45, 7) is 0. The Morgan fingerprint density at radius 1 is 1.30 bits per heavy atom. The van der Waals surface area contributed by atoms with Crippen LogP contribution in [0.5, 0.6) is 5.75 Å². The maximum Gasteiger partial charge on any atom is 0.185 e. The second kappa shape index (κ2) is 4.96. The Morgan fingerprint density at radius 2 is 2.10 bits per heavy atom. The molecule has 0 fully saturated rings. The number of para-hydroxylation sites is 1. The van der Waals surface area contributed by atoms with Crippen LogP contribution >= 0.6 is 0 Å². The number of fused-ring (bicyclic) bond motifs is 1. The summed E-state index contributed by atoms with van der Waals surface area (Å²) < 4.78 is 18.5. The fraction of sp³-hybridized carbons (Fsp3) is 0.188. The highest BCUT2D eigenvalue weighted by atomic mass is 19.1. The summed E-state index contributed by atoms with van der Waals surface area (Å²) in [6, 6.07) is 11.8. The predicted octanol–water partition coefficient (Wildman–Crippen LogP) is 3.05. The smallest absolute Gasteiger partial charge is 0.185 e. The van der Waals surface area contributed by atoms with E-state index >= 15 is 0 Å². The lowest BCUT2D eigenvalue weighted by Crippen LogP contribution is -2.27. The summed E-state index contributed by atoms with van der Waals surface area (Å²) in [5.74, 6) is -0.485. The minimum absolute atomic E-state index is 0.109. The van der Waals surface area contributed by atoms with Gasteiger partial charge in [-0.25, -0.2) is 4.39 Å². The Labute approximate surface area is 116 Å². The Bertz CT molecular complexity index is 644. The van der Waals surface area contributed by atoms with Crippen LogP contribution in [0.4, 0.5) is 10.1 Å². The first-order valence-corrected chi connectivity index (χ1v) is 6.41. The molecule has 3 nitrogen and oxygen atoms in total. The molecule has 0 saturated heterocycles. The van der Waals surface area contributed by atoms with Gasteiger partial charge in [-0.1, -0.05) is 18.2 Å². The summed E-state index contributed by atoms with van der Waals surface area (Å²) in [5.41, 5.74) is 2.44. The zero-order valence-electron chi connectivity index (χ0n) is 11.0. The highest BCUT2D eigenvalue weighted by molar-refractivity contribution is 6.03. The van der Waals surface area contributed by atoms with Crippen LogP contribution in [-0.4, -0.2) is 18.9 Å². The normalized spacial score (nSPS) is 16.4. The van der Waals surface area contributed by atoms with Crippen LogP contribution in [0.2, 0.25) is 0 Å². The van der Waals surface area contributed by atoms with Crippen molar-refractivity contribution in [2.45, 2.75) is 12.5 Å². The van der Waals surface area contributed by atoms with E-state index in [9.17, 15) is 9.18 Å². The van der Waals surface area contributed by atoms with E-state index in [4.69, 9.17) is 4.74 Å². The molecule has 3 rings (SSSR count). The number of hydrogen-bond acceptors (Lipinski definition) is 3. The summed E-state index contributed by atoms with van der Waals surface area (Å²) in [4.78, 5) is 12.4. The van der Waals surface area contributed by atoms with E-state index in [2.05, 4.69) is 5.32 Å². The summed E-state index contributed by atoms with van der Waals surface area (Å²) >= 11 is 0. The molecule has 0 aromatic heterocycles. The fourth-order valence-corrected chi connectivity index (χ4v) is 2.48. The third kappa shape index (κ3) is 2.13. The van der Waals surface area contributed by atoms with Gasteiger partial charge in [0.2, 0.25) is 0 Å². The van der Waals surface area contributed by atoms with Crippen LogP contribution in [0.15, 0.2) is 42.5 Å². The van der Waals surface area contributed by atoms with Crippen molar-refractivity contribution in [1.29, 1.82) is 0 Å². The average Bonchev–Trinajstić information content (AvgIpc) is 2.90. The van der Waals surface area contributed by atoms with Crippen LogP contribution < -0.4 is 10.1 Å².